The molecule has 1 aliphatic heterocycles. The number of benzene rings is 2. The molecular formula is C18H16ClNO3. The maximum absolute atomic E-state index is 12.3. The number of ether oxygens (including phenoxy) is 2. The molecule has 3 rings (SSSR count). The van der Waals surface area contributed by atoms with E-state index in [4.69, 9.17) is 21.1 Å². The summed E-state index contributed by atoms with van der Waals surface area (Å²) in [5.41, 5.74) is 2.36. The first-order chi connectivity index (χ1) is 11.2. The Labute approximate surface area is 139 Å². The van der Waals surface area contributed by atoms with Crippen LogP contribution in [-0.4, -0.2) is 19.6 Å². The van der Waals surface area contributed by atoms with Gasteiger partial charge in [0.2, 0.25) is 0 Å². The Morgan fingerprint density at radius 2 is 2.17 bits per heavy atom. The molecule has 0 atom stereocenters. The number of carbonyl (C=O) groups excluding carboxylic acids is 1. The number of hydrogen-bond donors (Lipinski definition) is 1. The van der Waals surface area contributed by atoms with Crippen molar-refractivity contribution in [3.63, 3.8) is 0 Å². The Morgan fingerprint density at radius 1 is 1.30 bits per heavy atom. The zero-order valence-electron chi connectivity index (χ0n) is 12.6. The molecule has 1 heterocycles. The third kappa shape index (κ3) is 3.66. The lowest BCUT2D eigenvalue weighted by Crippen LogP contribution is -2.28. The van der Waals surface area contributed by atoms with E-state index in [0.29, 0.717) is 17.1 Å². The minimum atomic E-state index is -0.154. The number of nitrogens with one attached hydrogen (secondary N) is 1. The van der Waals surface area contributed by atoms with Gasteiger partial charge in [-0.3, -0.25) is 4.79 Å². The molecule has 0 unspecified atom stereocenters. The molecule has 1 amide bonds. The first-order valence-electron chi connectivity index (χ1n) is 7.20. The van der Waals surface area contributed by atoms with E-state index in [0.717, 1.165) is 22.6 Å². The highest BCUT2D eigenvalue weighted by Crippen LogP contribution is 2.29. The number of rotatable bonds is 4. The minimum absolute atomic E-state index is 0.154. The molecule has 1 aliphatic rings. The first-order valence-corrected chi connectivity index (χ1v) is 7.57. The Balaban J connectivity index is 1.71. The second kappa shape index (κ2) is 6.75. The zero-order chi connectivity index (χ0) is 16.2. The topological polar surface area (TPSA) is 47.6 Å². The van der Waals surface area contributed by atoms with Crippen molar-refractivity contribution in [2.24, 2.45) is 0 Å². The molecule has 5 heteroatoms. The van der Waals surface area contributed by atoms with Gasteiger partial charge >= 0.3 is 0 Å². The van der Waals surface area contributed by atoms with Gasteiger partial charge < -0.3 is 14.8 Å². The van der Waals surface area contributed by atoms with Gasteiger partial charge in [0.1, 0.15) is 18.1 Å². The maximum Gasteiger partial charge on any atom is 0.250 e. The van der Waals surface area contributed by atoms with E-state index >= 15 is 0 Å². The number of carbonyl (C=O) groups is 1. The number of fused-ring (bicyclic) bond motifs is 1. The van der Waals surface area contributed by atoms with E-state index < -0.39 is 0 Å². The van der Waals surface area contributed by atoms with E-state index in [9.17, 15) is 4.79 Å². The predicted molar refractivity (Wildman–Crippen MR) is 89.8 cm³/mol. The smallest absolute Gasteiger partial charge is 0.250 e. The molecule has 0 radical (unpaired) electrons. The lowest BCUT2D eigenvalue weighted by Gasteiger charge is -2.18. The van der Waals surface area contributed by atoms with Gasteiger partial charge in [-0.1, -0.05) is 23.7 Å². The minimum Gasteiger partial charge on any atom is -0.497 e. The molecule has 0 aliphatic carbocycles. The average Bonchev–Trinajstić information content (AvgIpc) is 2.58. The predicted octanol–water partition coefficient (Wildman–Crippen LogP) is 3.44. The molecule has 2 aromatic carbocycles. The molecule has 0 aromatic heterocycles. The number of amides is 1. The molecule has 1 N–H and O–H groups in total. The van der Waals surface area contributed by atoms with Crippen molar-refractivity contribution < 1.29 is 14.3 Å². The van der Waals surface area contributed by atoms with Crippen LogP contribution in [0.1, 0.15) is 11.1 Å². The van der Waals surface area contributed by atoms with E-state index in [-0.39, 0.29) is 12.5 Å². The Morgan fingerprint density at radius 3 is 2.96 bits per heavy atom. The third-order valence-electron chi connectivity index (χ3n) is 3.56. The molecule has 4 nitrogen and oxygen atoms in total. The summed E-state index contributed by atoms with van der Waals surface area (Å²) < 4.78 is 10.8. The molecule has 0 spiro atoms. The van der Waals surface area contributed by atoms with Crippen molar-refractivity contribution in [2.75, 3.05) is 13.7 Å². The van der Waals surface area contributed by atoms with Gasteiger partial charge in [-0.05, 0) is 42.0 Å². The lowest BCUT2D eigenvalue weighted by molar-refractivity contribution is -0.117. The summed E-state index contributed by atoms with van der Waals surface area (Å²) in [5.74, 6) is 1.32. The Kier molecular flexibility index (Phi) is 4.53. The largest absolute Gasteiger partial charge is 0.497 e. The van der Waals surface area contributed by atoms with Crippen LogP contribution >= 0.6 is 11.6 Å². The van der Waals surface area contributed by atoms with Crippen LogP contribution in [0.15, 0.2) is 48.0 Å². The molecule has 23 heavy (non-hydrogen) atoms. The quantitative estimate of drug-likeness (QED) is 0.934. The van der Waals surface area contributed by atoms with Crippen LogP contribution in [-0.2, 0) is 11.3 Å². The molecule has 118 valence electrons. The van der Waals surface area contributed by atoms with Crippen LogP contribution < -0.4 is 14.8 Å². The second-order valence-electron chi connectivity index (χ2n) is 5.17. The van der Waals surface area contributed by atoms with E-state index in [1.807, 2.05) is 42.5 Å². The van der Waals surface area contributed by atoms with E-state index in [1.165, 1.54) is 0 Å². The summed E-state index contributed by atoms with van der Waals surface area (Å²) in [5, 5.41) is 3.53. The molecule has 0 bridgehead atoms. The van der Waals surface area contributed by atoms with Crippen LogP contribution in [0.4, 0.5) is 0 Å². The standard InChI is InChI=1S/C18H16ClNO3/c1-22-16-5-6-17-13(9-16)8-14(11-23-17)18(21)20-10-12-3-2-4-15(19)7-12/h2-9H,10-11H2,1H3,(H,20,21). The second-order valence-corrected chi connectivity index (χ2v) is 5.61. The SMILES string of the molecule is COc1ccc2c(c1)C=C(C(=O)NCc1cccc(Cl)c1)CO2. The fourth-order valence-corrected chi connectivity index (χ4v) is 2.57. The van der Waals surface area contributed by atoms with Crippen LogP contribution in [0.25, 0.3) is 6.08 Å². The summed E-state index contributed by atoms with van der Waals surface area (Å²) in [6, 6.07) is 12.9. The van der Waals surface area contributed by atoms with Crippen molar-refractivity contribution in [1.29, 1.82) is 0 Å². The highest BCUT2D eigenvalue weighted by Gasteiger charge is 2.17. The van der Waals surface area contributed by atoms with Crippen molar-refractivity contribution in [2.45, 2.75) is 6.54 Å². The van der Waals surface area contributed by atoms with Gasteiger partial charge in [0.15, 0.2) is 0 Å². The highest BCUT2D eigenvalue weighted by atomic mass is 35.5. The Hall–Kier alpha value is -2.46. The van der Waals surface area contributed by atoms with Gasteiger partial charge in [-0.15, -0.1) is 0 Å². The van der Waals surface area contributed by atoms with Crippen LogP contribution in [0.3, 0.4) is 0 Å². The number of hydrogen-bond acceptors (Lipinski definition) is 3. The number of methoxy groups -OCH3 is 1. The van der Waals surface area contributed by atoms with Gasteiger partial charge in [-0.2, -0.15) is 0 Å². The summed E-state index contributed by atoms with van der Waals surface area (Å²) in [6.45, 7) is 0.669. The van der Waals surface area contributed by atoms with Crippen LogP contribution in [0.2, 0.25) is 5.02 Å². The Bertz CT molecular complexity index is 771. The van der Waals surface area contributed by atoms with Crippen molar-refractivity contribution in [1.82, 2.24) is 5.32 Å². The average molecular weight is 330 g/mol. The molecule has 2 aromatic rings. The summed E-state index contributed by atoms with van der Waals surface area (Å²) in [6.07, 6.45) is 1.83. The van der Waals surface area contributed by atoms with Crippen LogP contribution in [0, 0.1) is 0 Å². The first kappa shape index (κ1) is 15.4. The molecule has 0 saturated carbocycles. The van der Waals surface area contributed by atoms with Crippen molar-refractivity contribution in [3.8, 4) is 11.5 Å². The van der Waals surface area contributed by atoms with E-state index in [1.54, 1.807) is 13.2 Å². The highest BCUT2D eigenvalue weighted by molar-refractivity contribution is 6.30. The van der Waals surface area contributed by atoms with Gasteiger partial charge in [0, 0.05) is 17.1 Å². The van der Waals surface area contributed by atoms with Crippen molar-refractivity contribution in [3.05, 3.63) is 64.2 Å². The fourth-order valence-electron chi connectivity index (χ4n) is 2.36. The molecular weight excluding hydrogens is 314 g/mol. The van der Waals surface area contributed by atoms with Crippen LogP contribution in [0.5, 0.6) is 11.5 Å². The fraction of sp³-hybridized carbons (Fsp3) is 0.167. The zero-order valence-corrected chi connectivity index (χ0v) is 13.4. The summed E-state index contributed by atoms with van der Waals surface area (Å²) in [7, 11) is 1.60. The van der Waals surface area contributed by atoms with Gasteiger partial charge in [0.05, 0.1) is 12.7 Å². The molecule has 0 saturated heterocycles. The molecule has 0 fully saturated rings. The van der Waals surface area contributed by atoms with Crippen molar-refractivity contribution >= 4 is 23.6 Å². The van der Waals surface area contributed by atoms with Gasteiger partial charge in [0.25, 0.3) is 5.91 Å². The van der Waals surface area contributed by atoms with E-state index in [2.05, 4.69) is 5.32 Å². The monoisotopic (exact) mass is 329 g/mol. The third-order valence-corrected chi connectivity index (χ3v) is 3.80. The summed E-state index contributed by atoms with van der Waals surface area (Å²) >= 11 is 5.94. The normalized spacial score (nSPS) is 12.7. The van der Waals surface area contributed by atoms with Gasteiger partial charge in [-0.25, -0.2) is 0 Å². The lowest BCUT2D eigenvalue weighted by atomic mass is 10.1. The summed E-state index contributed by atoms with van der Waals surface area (Å²) in [4.78, 5) is 12.3. The maximum atomic E-state index is 12.3. The number of halogens is 1.